The van der Waals surface area contributed by atoms with E-state index in [4.69, 9.17) is 4.74 Å². The van der Waals surface area contributed by atoms with Gasteiger partial charge in [-0.3, -0.25) is 0 Å². The smallest absolute Gasteiger partial charge is 0.0710 e. The monoisotopic (exact) mass is 275 g/mol. The third-order valence-electron chi connectivity index (χ3n) is 3.53. The molecule has 0 radical (unpaired) electrons. The summed E-state index contributed by atoms with van der Waals surface area (Å²) in [4.78, 5) is 3.30. The summed E-state index contributed by atoms with van der Waals surface area (Å²) in [6, 6.07) is 0. The van der Waals surface area contributed by atoms with Gasteiger partial charge in [0.25, 0.3) is 0 Å². The van der Waals surface area contributed by atoms with Gasteiger partial charge in [0.15, 0.2) is 0 Å². The second-order valence-corrected chi connectivity index (χ2v) is 6.81. The molecule has 2 rings (SSSR count). The minimum Gasteiger partial charge on any atom is -0.371 e. The Morgan fingerprint density at radius 2 is 1.93 bits per heavy atom. The van der Waals surface area contributed by atoms with Crippen molar-refractivity contribution in [3.63, 3.8) is 0 Å². The summed E-state index contributed by atoms with van der Waals surface area (Å²) < 4.78 is 6.02. The summed E-state index contributed by atoms with van der Waals surface area (Å²) in [5, 5.41) is 0. The van der Waals surface area contributed by atoms with E-state index in [9.17, 15) is 0 Å². The molecule has 2 aliphatic heterocycles. The Labute approximate surface area is 101 Å². The zero-order valence-electron chi connectivity index (χ0n) is 9.84. The molecule has 0 aromatic rings. The molecule has 1 unspecified atom stereocenters. The Bertz CT molecular complexity index is 212. The lowest BCUT2D eigenvalue weighted by Crippen LogP contribution is -2.39. The van der Waals surface area contributed by atoms with Crippen molar-refractivity contribution in [2.45, 2.75) is 56.1 Å². The fourth-order valence-corrected chi connectivity index (χ4v) is 2.99. The van der Waals surface area contributed by atoms with Gasteiger partial charge in [0, 0.05) is 11.4 Å². The van der Waals surface area contributed by atoms with Gasteiger partial charge in [0.2, 0.25) is 0 Å². The topological polar surface area (TPSA) is 12.5 Å². The maximum Gasteiger partial charge on any atom is 0.0710 e. The van der Waals surface area contributed by atoms with Crippen LogP contribution in [-0.4, -0.2) is 41.1 Å². The third-order valence-corrected chi connectivity index (χ3v) is 4.45. The number of alkyl halides is 1. The number of nitrogens with zero attached hydrogens (tertiary/aromatic N) is 1. The molecular formula is C12H22BrNO. The highest BCUT2D eigenvalue weighted by molar-refractivity contribution is 9.09. The van der Waals surface area contributed by atoms with Crippen LogP contribution in [0.4, 0.5) is 0 Å². The molecule has 0 saturated carbocycles. The summed E-state index contributed by atoms with van der Waals surface area (Å²) in [5.74, 6) is 0. The van der Waals surface area contributed by atoms with E-state index in [1.165, 1.54) is 38.8 Å². The molecule has 0 amide bonds. The van der Waals surface area contributed by atoms with Crippen molar-refractivity contribution in [1.82, 2.24) is 4.90 Å². The van der Waals surface area contributed by atoms with Crippen molar-refractivity contribution < 1.29 is 4.74 Å². The van der Waals surface area contributed by atoms with Crippen molar-refractivity contribution in [2.75, 3.05) is 19.6 Å². The molecule has 2 saturated heterocycles. The van der Waals surface area contributed by atoms with E-state index in [1.54, 1.807) is 0 Å². The predicted octanol–water partition coefficient (Wildman–Crippen LogP) is 2.80. The first kappa shape index (κ1) is 11.9. The number of hydrogen-bond acceptors (Lipinski definition) is 2. The van der Waals surface area contributed by atoms with Gasteiger partial charge in [-0.25, -0.2) is 0 Å². The lowest BCUT2D eigenvalue weighted by molar-refractivity contribution is -0.0302. The van der Waals surface area contributed by atoms with Crippen LogP contribution in [0, 0.1) is 0 Å². The fourth-order valence-electron chi connectivity index (χ4n) is 2.58. The molecule has 0 bridgehead atoms. The first-order valence-electron chi connectivity index (χ1n) is 6.09. The van der Waals surface area contributed by atoms with Gasteiger partial charge in [0.05, 0.1) is 11.7 Å². The number of likely N-dealkylation sites (tertiary alicyclic amines) is 1. The fraction of sp³-hybridized carbons (Fsp3) is 1.00. The number of rotatable bonds is 2. The summed E-state index contributed by atoms with van der Waals surface area (Å²) >= 11 is 3.69. The predicted molar refractivity (Wildman–Crippen MR) is 66.6 cm³/mol. The van der Waals surface area contributed by atoms with Gasteiger partial charge in [0.1, 0.15) is 0 Å². The molecule has 2 heterocycles. The maximum absolute atomic E-state index is 6.02. The molecule has 2 fully saturated rings. The molecule has 3 heteroatoms. The maximum atomic E-state index is 6.02. The SMILES string of the molecule is CC1(C)CCC(CN2CCC(Br)CC2)O1. The van der Waals surface area contributed by atoms with Crippen LogP contribution in [0.1, 0.15) is 39.5 Å². The first-order valence-corrected chi connectivity index (χ1v) is 7.01. The van der Waals surface area contributed by atoms with Gasteiger partial charge in [-0.1, -0.05) is 15.9 Å². The van der Waals surface area contributed by atoms with Crippen LogP contribution in [0.25, 0.3) is 0 Å². The molecule has 0 aromatic carbocycles. The molecular weight excluding hydrogens is 254 g/mol. The van der Waals surface area contributed by atoms with E-state index < -0.39 is 0 Å². The quantitative estimate of drug-likeness (QED) is 0.719. The minimum absolute atomic E-state index is 0.123. The summed E-state index contributed by atoms with van der Waals surface area (Å²) in [5.41, 5.74) is 0.123. The number of halogens is 1. The molecule has 1 atom stereocenters. The molecule has 0 N–H and O–H groups in total. The first-order chi connectivity index (χ1) is 7.05. The Morgan fingerprint density at radius 1 is 1.27 bits per heavy atom. The van der Waals surface area contributed by atoms with Gasteiger partial charge >= 0.3 is 0 Å². The van der Waals surface area contributed by atoms with Gasteiger partial charge in [-0.05, 0) is 52.6 Å². The Hall–Kier alpha value is 0.400. The summed E-state index contributed by atoms with van der Waals surface area (Å²) in [6.45, 7) is 8.02. The lowest BCUT2D eigenvalue weighted by atomic mass is 10.0. The molecule has 88 valence electrons. The van der Waals surface area contributed by atoms with E-state index in [-0.39, 0.29) is 5.60 Å². The van der Waals surface area contributed by atoms with Gasteiger partial charge in [-0.2, -0.15) is 0 Å². The lowest BCUT2D eigenvalue weighted by Gasteiger charge is -2.31. The van der Waals surface area contributed by atoms with Crippen LogP contribution < -0.4 is 0 Å². The molecule has 0 spiro atoms. The van der Waals surface area contributed by atoms with Crippen molar-refractivity contribution in [2.24, 2.45) is 0 Å². The molecule has 15 heavy (non-hydrogen) atoms. The summed E-state index contributed by atoms with van der Waals surface area (Å²) in [6.07, 6.45) is 5.51. The van der Waals surface area contributed by atoms with E-state index in [2.05, 4.69) is 34.7 Å². The van der Waals surface area contributed by atoms with Gasteiger partial charge in [-0.15, -0.1) is 0 Å². The van der Waals surface area contributed by atoms with Crippen molar-refractivity contribution in [1.29, 1.82) is 0 Å². The highest BCUT2D eigenvalue weighted by Crippen LogP contribution is 2.30. The summed E-state index contributed by atoms with van der Waals surface area (Å²) in [7, 11) is 0. The van der Waals surface area contributed by atoms with Crippen LogP contribution >= 0.6 is 15.9 Å². The third kappa shape index (κ3) is 3.43. The van der Waals surface area contributed by atoms with E-state index in [0.717, 1.165) is 11.4 Å². The van der Waals surface area contributed by atoms with E-state index in [0.29, 0.717) is 6.10 Å². The molecule has 2 aliphatic rings. The molecule has 0 aliphatic carbocycles. The van der Waals surface area contributed by atoms with Crippen LogP contribution in [0.5, 0.6) is 0 Å². The van der Waals surface area contributed by atoms with E-state index >= 15 is 0 Å². The van der Waals surface area contributed by atoms with Crippen LogP contribution in [-0.2, 0) is 4.74 Å². The Morgan fingerprint density at radius 3 is 2.47 bits per heavy atom. The minimum atomic E-state index is 0.123. The van der Waals surface area contributed by atoms with E-state index in [1.807, 2.05) is 0 Å². The molecule has 2 nitrogen and oxygen atoms in total. The second kappa shape index (κ2) is 4.72. The standard InChI is InChI=1S/C12H22BrNO/c1-12(2)6-3-11(15-12)9-14-7-4-10(13)5-8-14/h10-11H,3-9H2,1-2H3. The van der Waals surface area contributed by atoms with Crippen LogP contribution in [0.3, 0.4) is 0 Å². The van der Waals surface area contributed by atoms with Crippen molar-refractivity contribution in [3.8, 4) is 0 Å². The Kier molecular flexibility index (Phi) is 3.74. The molecule has 0 aromatic heterocycles. The Balaban J connectivity index is 1.74. The zero-order chi connectivity index (χ0) is 10.9. The van der Waals surface area contributed by atoms with Gasteiger partial charge < -0.3 is 9.64 Å². The number of ether oxygens (including phenoxy) is 1. The average molecular weight is 276 g/mol. The zero-order valence-corrected chi connectivity index (χ0v) is 11.4. The number of hydrogen-bond donors (Lipinski definition) is 0. The average Bonchev–Trinajstić information content (AvgIpc) is 2.50. The van der Waals surface area contributed by atoms with Crippen molar-refractivity contribution in [3.05, 3.63) is 0 Å². The highest BCUT2D eigenvalue weighted by atomic mass is 79.9. The number of piperidine rings is 1. The highest BCUT2D eigenvalue weighted by Gasteiger charge is 2.33. The van der Waals surface area contributed by atoms with Crippen molar-refractivity contribution >= 4 is 15.9 Å². The van der Waals surface area contributed by atoms with Crippen LogP contribution in [0.15, 0.2) is 0 Å². The van der Waals surface area contributed by atoms with Crippen LogP contribution in [0.2, 0.25) is 0 Å². The second-order valence-electron chi connectivity index (χ2n) is 5.51. The normalized spacial score (nSPS) is 33.4. The largest absolute Gasteiger partial charge is 0.371 e.